The maximum atomic E-state index is 13.1. The van der Waals surface area contributed by atoms with Crippen LogP contribution in [0, 0.1) is 5.82 Å². The average Bonchev–Trinajstić information content (AvgIpc) is 2.60. The zero-order valence-electron chi connectivity index (χ0n) is 13.3. The summed E-state index contributed by atoms with van der Waals surface area (Å²) < 4.78 is 13.1. The highest BCUT2D eigenvalue weighted by Gasteiger charge is 2.19. The van der Waals surface area contributed by atoms with E-state index in [0.29, 0.717) is 17.5 Å². The lowest BCUT2D eigenvalue weighted by Gasteiger charge is -2.26. The van der Waals surface area contributed by atoms with E-state index >= 15 is 0 Å². The van der Waals surface area contributed by atoms with Gasteiger partial charge in [-0.25, -0.2) is 4.39 Å². The second-order valence-corrected chi connectivity index (χ2v) is 5.86. The van der Waals surface area contributed by atoms with Crippen LogP contribution in [0.4, 0.5) is 10.1 Å². The fourth-order valence-electron chi connectivity index (χ4n) is 2.80. The van der Waals surface area contributed by atoms with E-state index in [2.05, 4.69) is 5.32 Å². The molecule has 0 aliphatic carbocycles. The molecule has 1 N–H and O–H groups in total. The third kappa shape index (κ3) is 3.79. The van der Waals surface area contributed by atoms with Crippen molar-refractivity contribution in [2.75, 3.05) is 11.4 Å². The number of benzene rings is 2. The summed E-state index contributed by atoms with van der Waals surface area (Å²) in [4.78, 5) is 25.8. The Morgan fingerprint density at radius 1 is 1.12 bits per heavy atom. The van der Waals surface area contributed by atoms with Crippen molar-refractivity contribution in [3.8, 4) is 0 Å². The molecule has 0 atom stereocenters. The van der Waals surface area contributed by atoms with E-state index in [1.54, 1.807) is 41.3 Å². The van der Waals surface area contributed by atoms with E-state index in [-0.39, 0.29) is 24.2 Å². The van der Waals surface area contributed by atoms with Crippen molar-refractivity contribution in [2.45, 2.75) is 25.8 Å². The normalized spacial score (nSPS) is 14.5. The molecule has 4 nitrogen and oxygen atoms in total. The van der Waals surface area contributed by atoms with Gasteiger partial charge in [-0.2, -0.15) is 0 Å². The number of amides is 2. The van der Waals surface area contributed by atoms with Crippen LogP contribution in [-0.2, 0) is 11.3 Å². The number of anilines is 1. The van der Waals surface area contributed by atoms with E-state index in [0.717, 1.165) is 25.1 Å². The standard InChI is InChI=1S/C19H19FN2O2/c20-16-5-3-4-14(12-16)13-21-19(24)15-7-9-17(10-8-15)22-11-2-1-6-18(22)23/h3-5,7-10,12H,1-2,6,11,13H2,(H,21,24). The van der Waals surface area contributed by atoms with Gasteiger partial charge in [-0.05, 0) is 54.8 Å². The number of carbonyl (C=O) groups excluding carboxylic acids is 2. The van der Waals surface area contributed by atoms with Gasteiger partial charge >= 0.3 is 0 Å². The number of nitrogens with one attached hydrogen (secondary N) is 1. The Kier molecular flexibility index (Phi) is 4.89. The molecule has 0 radical (unpaired) electrons. The predicted octanol–water partition coefficient (Wildman–Crippen LogP) is 3.27. The molecule has 2 amide bonds. The lowest BCUT2D eigenvalue weighted by atomic mass is 10.1. The van der Waals surface area contributed by atoms with Crippen molar-refractivity contribution in [2.24, 2.45) is 0 Å². The lowest BCUT2D eigenvalue weighted by Crippen LogP contribution is -2.35. The van der Waals surface area contributed by atoms with Gasteiger partial charge in [0.25, 0.3) is 5.91 Å². The summed E-state index contributed by atoms with van der Waals surface area (Å²) in [7, 11) is 0. The van der Waals surface area contributed by atoms with Crippen molar-refractivity contribution >= 4 is 17.5 Å². The van der Waals surface area contributed by atoms with E-state index in [1.807, 2.05) is 0 Å². The Hall–Kier alpha value is -2.69. The molecule has 124 valence electrons. The van der Waals surface area contributed by atoms with Crippen molar-refractivity contribution in [3.05, 3.63) is 65.5 Å². The van der Waals surface area contributed by atoms with Gasteiger partial charge in [0.2, 0.25) is 5.91 Å². The minimum Gasteiger partial charge on any atom is -0.348 e. The third-order valence-corrected chi connectivity index (χ3v) is 4.11. The minimum absolute atomic E-state index is 0.129. The van der Waals surface area contributed by atoms with Crippen LogP contribution in [0.5, 0.6) is 0 Å². The topological polar surface area (TPSA) is 49.4 Å². The molecule has 1 saturated heterocycles. The number of nitrogens with zero attached hydrogens (tertiary/aromatic N) is 1. The maximum Gasteiger partial charge on any atom is 0.251 e. The lowest BCUT2D eigenvalue weighted by molar-refractivity contribution is -0.119. The minimum atomic E-state index is -0.322. The quantitative estimate of drug-likeness (QED) is 0.937. The molecule has 24 heavy (non-hydrogen) atoms. The van der Waals surface area contributed by atoms with E-state index in [9.17, 15) is 14.0 Å². The van der Waals surface area contributed by atoms with Gasteiger partial charge in [0, 0.05) is 30.8 Å². The van der Waals surface area contributed by atoms with Crippen molar-refractivity contribution in [1.82, 2.24) is 5.32 Å². The summed E-state index contributed by atoms with van der Waals surface area (Å²) in [6, 6.07) is 13.1. The van der Waals surface area contributed by atoms with Crippen molar-refractivity contribution in [1.29, 1.82) is 0 Å². The van der Waals surface area contributed by atoms with Crippen LogP contribution in [0.25, 0.3) is 0 Å². The number of piperidine rings is 1. The second-order valence-electron chi connectivity index (χ2n) is 5.86. The number of carbonyl (C=O) groups is 2. The van der Waals surface area contributed by atoms with Crippen molar-refractivity contribution in [3.63, 3.8) is 0 Å². The average molecular weight is 326 g/mol. The van der Waals surface area contributed by atoms with Gasteiger partial charge < -0.3 is 10.2 Å². The molecule has 0 saturated carbocycles. The molecule has 1 fully saturated rings. The van der Waals surface area contributed by atoms with Crippen LogP contribution in [0.1, 0.15) is 35.2 Å². The smallest absolute Gasteiger partial charge is 0.251 e. The zero-order valence-corrected chi connectivity index (χ0v) is 13.3. The van der Waals surface area contributed by atoms with Crippen LogP contribution < -0.4 is 10.2 Å². The molecule has 3 rings (SSSR count). The maximum absolute atomic E-state index is 13.1. The largest absolute Gasteiger partial charge is 0.348 e. The van der Waals surface area contributed by atoms with Crippen LogP contribution in [-0.4, -0.2) is 18.4 Å². The fourth-order valence-corrected chi connectivity index (χ4v) is 2.80. The molecule has 1 heterocycles. The summed E-state index contributed by atoms with van der Waals surface area (Å²) in [5.41, 5.74) is 2.04. The number of hydrogen-bond donors (Lipinski definition) is 1. The summed E-state index contributed by atoms with van der Waals surface area (Å²) in [6.07, 6.45) is 2.52. The third-order valence-electron chi connectivity index (χ3n) is 4.11. The summed E-state index contributed by atoms with van der Waals surface area (Å²) >= 11 is 0. The van der Waals surface area contributed by atoms with Crippen molar-refractivity contribution < 1.29 is 14.0 Å². The first-order valence-corrected chi connectivity index (χ1v) is 8.06. The molecule has 1 aliphatic rings. The predicted molar refractivity (Wildman–Crippen MR) is 90.2 cm³/mol. The summed E-state index contributed by atoms with van der Waals surface area (Å²) in [5, 5.41) is 2.76. The monoisotopic (exact) mass is 326 g/mol. The number of rotatable bonds is 4. The Morgan fingerprint density at radius 2 is 1.92 bits per heavy atom. The number of halogens is 1. The van der Waals surface area contributed by atoms with Crippen LogP contribution >= 0.6 is 0 Å². The fraction of sp³-hybridized carbons (Fsp3) is 0.263. The molecule has 2 aromatic carbocycles. The molecule has 1 aliphatic heterocycles. The highest BCUT2D eigenvalue weighted by molar-refractivity contribution is 5.96. The Balaban J connectivity index is 1.62. The first-order valence-electron chi connectivity index (χ1n) is 8.06. The van der Waals surface area contributed by atoms with Gasteiger partial charge in [-0.15, -0.1) is 0 Å². The van der Waals surface area contributed by atoms with Gasteiger partial charge in [-0.1, -0.05) is 12.1 Å². The van der Waals surface area contributed by atoms with E-state index in [1.165, 1.54) is 12.1 Å². The molecule has 0 unspecified atom stereocenters. The number of hydrogen-bond acceptors (Lipinski definition) is 2. The van der Waals surface area contributed by atoms with Crippen LogP contribution in [0.2, 0.25) is 0 Å². The van der Waals surface area contributed by atoms with Gasteiger partial charge in [0.05, 0.1) is 0 Å². The SMILES string of the molecule is O=C(NCc1cccc(F)c1)c1ccc(N2CCCCC2=O)cc1. The van der Waals surface area contributed by atoms with Gasteiger partial charge in [0.15, 0.2) is 0 Å². The first-order chi connectivity index (χ1) is 11.6. The van der Waals surface area contributed by atoms with Crippen LogP contribution in [0.15, 0.2) is 48.5 Å². The van der Waals surface area contributed by atoms with Gasteiger partial charge in [-0.3, -0.25) is 9.59 Å². The highest BCUT2D eigenvalue weighted by Crippen LogP contribution is 2.21. The molecule has 0 spiro atoms. The summed E-state index contributed by atoms with van der Waals surface area (Å²) in [6.45, 7) is 0.993. The molecular formula is C19H19FN2O2. The van der Waals surface area contributed by atoms with Gasteiger partial charge in [0.1, 0.15) is 5.82 Å². The Labute approximate surface area is 140 Å². The Bertz CT molecular complexity index is 743. The van der Waals surface area contributed by atoms with Crippen LogP contribution in [0.3, 0.4) is 0 Å². The summed E-state index contributed by atoms with van der Waals surface area (Å²) in [5.74, 6) is -0.419. The van der Waals surface area contributed by atoms with E-state index in [4.69, 9.17) is 0 Å². The van der Waals surface area contributed by atoms with E-state index < -0.39 is 0 Å². The molecular weight excluding hydrogens is 307 g/mol. The zero-order chi connectivity index (χ0) is 16.9. The molecule has 5 heteroatoms. The first kappa shape index (κ1) is 16.2. The molecule has 0 aromatic heterocycles. The molecule has 0 bridgehead atoms. The highest BCUT2D eigenvalue weighted by atomic mass is 19.1. The Morgan fingerprint density at radius 3 is 2.62 bits per heavy atom. The molecule has 2 aromatic rings. The second kappa shape index (κ2) is 7.25.